The highest BCUT2D eigenvalue weighted by molar-refractivity contribution is 5.94. The maximum atomic E-state index is 12.7. The van der Waals surface area contributed by atoms with Gasteiger partial charge in [-0.15, -0.1) is 0 Å². The first-order valence-corrected chi connectivity index (χ1v) is 10.2. The van der Waals surface area contributed by atoms with Crippen LogP contribution in [0.5, 0.6) is 0 Å². The molecular weight excluding hydrogens is 340 g/mol. The molecule has 1 aliphatic heterocycles. The monoisotopic (exact) mass is 374 g/mol. The molecular formula is C22H34N2O3. The first kappa shape index (κ1) is 21.4. The van der Waals surface area contributed by atoms with Crippen molar-refractivity contribution in [3.63, 3.8) is 0 Å². The molecule has 1 aromatic carbocycles. The summed E-state index contributed by atoms with van der Waals surface area (Å²) < 4.78 is 0. The Morgan fingerprint density at radius 1 is 1.22 bits per heavy atom. The fourth-order valence-electron chi connectivity index (χ4n) is 4.03. The summed E-state index contributed by atoms with van der Waals surface area (Å²) in [6.07, 6.45) is 3.05. The first-order valence-electron chi connectivity index (χ1n) is 10.2. The second-order valence-electron chi connectivity index (χ2n) is 8.11. The zero-order chi connectivity index (χ0) is 19.8. The average molecular weight is 375 g/mol. The molecule has 1 heterocycles. The largest absolute Gasteiger partial charge is 0.394 e. The Morgan fingerprint density at radius 2 is 1.93 bits per heavy atom. The molecule has 0 aromatic heterocycles. The van der Waals surface area contributed by atoms with Gasteiger partial charge in [0.1, 0.15) is 0 Å². The zero-order valence-corrected chi connectivity index (χ0v) is 16.9. The van der Waals surface area contributed by atoms with Crippen molar-refractivity contribution < 1.29 is 14.7 Å². The fraction of sp³-hybridized carbons (Fsp3) is 0.636. The van der Waals surface area contributed by atoms with Gasteiger partial charge in [-0.25, -0.2) is 0 Å². The van der Waals surface area contributed by atoms with Crippen molar-refractivity contribution in [3.05, 3.63) is 35.9 Å². The summed E-state index contributed by atoms with van der Waals surface area (Å²) in [6.45, 7) is 7.67. The second kappa shape index (κ2) is 10.5. The molecule has 2 rings (SSSR count). The summed E-state index contributed by atoms with van der Waals surface area (Å²) in [5.41, 5.74) is 0.725. The molecule has 27 heavy (non-hydrogen) atoms. The van der Waals surface area contributed by atoms with Crippen molar-refractivity contribution in [2.45, 2.75) is 52.5 Å². The highest BCUT2D eigenvalue weighted by atomic mass is 16.3. The van der Waals surface area contributed by atoms with Crippen LogP contribution >= 0.6 is 0 Å². The number of hydrogen-bond donors (Lipinski definition) is 2. The van der Waals surface area contributed by atoms with Gasteiger partial charge in [-0.2, -0.15) is 0 Å². The van der Waals surface area contributed by atoms with E-state index in [1.807, 2.05) is 35.2 Å². The van der Waals surface area contributed by atoms with E-state index >= 15 is 0 Å². The topological polar surface area (TPSA) is 69.6 Å². The summed E-state index contributed by atoms with van der Waals surface area (Å²) in [6, 6.07) is 9.22. The minimum atomic E-state index is -0.169. The number of carbonyl (C=O) groups is 2. The molecule has 1 saturated heterocycles. The third-order valence-electron chi connectivity index (χ3n) is 5.51. The normalized spacial score (nSPS) is 21.1. The van der Waals surface area contributed by atoms with Crippen LogP contribution in [0.2, 0.25) is 0 Å². The van der Waals surface area contributed by atoms with Crippen LogP contribution in [0.4, 0.5) is 0 Å². The van der Waals surface area contributed by atoms with Crippen LogP contribution in [0.15, 0.2) is 30.3 Å². The SMILES string of the molecule is CC[C@H]1CN(C(=O)c2ccccc2)CC[C@H]1CC(=O)N[C@@H](CO)CC(C)C. The molecule has 0 saturated carbocycles. The van der Waals surface area contributed by atoms with E-state index in [1.165, 1.54) is 0 Å². The van der Waals surface area contributed by atoms with Gasteiger partial charge in [0, 0.05) is 25.1 Å². The lowest BCUT2D eigenvalue weighted by Gasteiger charge is -2.38. The molecule has 5 nitrogen and oxygen atoms in total. The number of aliphatic hydroxyl groups excluding tert-OH is 1. The van der Waals surface area contributed by atoms with Crippen LogP contribution < -0.4 is 5.32 Å². The van der Waals surface area contributed by atoms with E-state index in [2.05, 4.69) is 26.1 Å². The number of benzene rings is 1. The predicted molar refractivity (Wildman–Crippen MR) is 107 cm³/mol. The van der Waals surface area contributed by atoms with Crippen molar-refractivity contribution in [1.29, 1.82) is 0 Å². The van der Waals surface area contributed by atoms with Gasteiger partial charge in [-0.3, -0.25) is 9.59 Å². The molecule has 150 valence electrons. The van der Waals surface area contributed by atoms with Crippen LogP contribution in [-0.2, 0) is 4.79 Å². The lowest BCUT2D eigenvalue weighted by molar-refractivity contribution is -0.124. The molecule has 0 spiro atoms. The van der Waals surface area contributed by atoms with Gasteiger partial charge in [0.05, 0.1) is 12.6 Å². The van der Waals surface area contributed by atoms with Crippen molar-refractivity contribution in [3.8, 4) is 0 Å². The van der Waals surface area contributed by atoms with Gasteiger partial charge in [-0.1, -0.05) is 45.4 Å². The molecule has 2 N–H and O–H groups in total. The van der Waals surface area contributed by atoms with E-state index < -0.39 is 0 Å². The van der Waals surface area contributed by atoms with E-state index in [9.17, 15) is 14.7 Å². The standard InChI is InChI=1S/C22H34N2O3/c1-4-17-14-24(22(27)18-8-6-5-7-9-18)11-10-19(17)13-21(26)23-20(15-25)12-16(2)3/h5-9,16-17,19-20,25H,4,10-15H2,1-3H3,(H,23,26)/t17-,19-,20+/m0/s1. The number of nitrogens with one attached hydrogen (secondary N) is 1. The van der Waals surface area contributed by atoms with Crippen molar-refractivity contribution in [2.24, 2.45) is 17.8 Å². The molecule has 0 radical (unpaired) electrons. The molecule has 0 aliphatic carbocycles. The smallest absolute Gasteiger partial charge is 0.253 e. The summed E-state index contributed by atoms with van der Waals surface area (Å²) in [4.78, 5) is 27.1. The number of hydrogen-bond acceptors (Lipinski definition) is 3. The summed E-state index contributed by atoms with van der Waals surface area (Å²) in [5, 5.41) is 12.5. The van der Waals surface area contributed by atoms with Gasteiger partial charge in [0.15, 0.2) is 0 Å². The number of rotatable bonds is 8. The minimum Gasteiger partial charge on any atom is -0.394 e. The molecule has 2 amide bonds. The third-order valence-corrected chi connectivity index (χ3v) is 5.51. The quantitative estimate of drug-likeness (QED) is 0.735. The predicted octanol–water partition coefficient (Wildman–Crippen LogP) is 3.09. The Labute approximate surface area is 163 Å². The van der Waals surface area contributed by atoms with Gasteiger partial charge < -0.3 is 15.3 Å². The molecule has 0 unspecified atom stereocenters. The van der Waals surface area contributed by atoms with E-state index in [4.69, 9.17) is 0 Å². The number of piperidine rings is 1. The Bertz CT molecular complexity index is 603. The van der Waals surface area contributed by atoms with Crippen LogP contribution in [0.3, 0.4) is 0 Å². The molecule has 5 heteroatoms. The Balaban J connectivity index is 1.91. The first-order chi connectivity index (χ1) is 12.9. The molecule has 0 bridgehead atoms. The number of amides is 2. The summed E-state index contributed by atoms with van der Waals surface area (Å²) in [5.74, 6) is 1.14. The van der Waals surface area contributed by atoms with Gasteiger partial charge in [0.2, 0.25) is 5.91 Å². The minimum absolute atomic E-state index is 0.0148. The lowest BCUT2D eigenvalue weighted by atomic mass is 9.81. The summed E-state index contributed by atoms with van der Waals surface area (Å²) >= 11 is 0. The molecule has 1 fully saturated rings. The van der Waals surface area contributed by atoms with Crippen LogP contribution in [-0.4, -0.2) is 47.6 Å². The number of likely N-dealkylation sites (tertiary alicyclic amines) is 1. The fourth-order valence-corrected chi connectivity index (χ4v) is 4.03. The van der Waals surface area contributed by atoms with E-state index in [0.717, 1.165) is 24.8 Å². The van der Waals surface area contributed by atoms with Crippen LogP contribution in [0.25, 0.3) is 0 Å². The highest BCUT2D eigenvalue weighted by Crippen LogP contribution is 2.30. The lowest BCUT2D eigenvalue weighted by Crippen LogP contribution is -2.46. The van der Waals surface area contributed by atoms with Crippen molar-refractivity contribution >= 4 is 11.8 Å². The molecule has 1 aromatic rings. The number of aliphatic hydroxyl groups is 1. The molecule has 3 atom stereocenters. The number of nitrogens with zero attached hydrogens (tertiary/aromatic N) is 1. The zero-order valence-electron chi connectivity index (χ0n) is 16.9. The highest BCUT2D eigenvalue weighted by Gasteiger charge is 2.32. The van der Waals surface area contributed by atoms with Crippen molar-refractivity contribution in [2.75, 3.05) is 19.7 Å². The Morgan fingerprint density at radius 3 is 2.52 bits per heavy atom. The van der Waals surface area contributed by atoms with E-state index in [0.29, 0.717) is 31.3 Å². The van der Waals surface area contributed by atoms with Gasteiger partial charge in [-0.05, 0) is 42.7 Å². The van der Waals surface area contributed by atoms with Gasteiger partial charge in [0.25, 0.3) is 5.91 Å². The number of carbonyl (C=O) groups excluding carboxylic acids is 2. The van der Waals surface area contributed by atoms with Crippen LogP contribution in [0, 0.1) is 17.8 Å². The molecule has 1 aliphatic rings. The van der Waals surface area contributed by atoms with Gasteiger partial charge >= 0.3 is 0 Å². The third kappa shape index (κ3) is 6.35. The average Bonchev–Trinajstić information content (AvgIpc) is 2.67. The van der Waals surface area contributed by atoms with Crippen molar-refractivity contribution in [1.82, 2.24) is 10.2 Å². The Kier molecular flexibility index (Phi) is 8.29. The van der Waals surface area contributed by atoms with E-state index in [-0.39, 0.29) is 30.4 Å². The van der Waals surface area contributed by atoms with E-state index in [1.54, 1.807) is 0 Å². The Hall–Kier alpha value is -1.88. The maximum Gasteiger partial charge on any atom is 0.253 e. The van der Waals surface area contributed by atoms with Crippen LogP contribution in [0.1, 0.15) is 56.8 Å². The summed E-state index contributed by atoms with van der Waals surface area (Å²) in [7, 11) is 0. The maximum absolute atomic E-state index is 12.7. The second-order valence-corrected chi connectivity index (χ2v) is 8.11.